The van der Waals surface area contributed by atoms with Gasteiger partial charge in [-0.1, -0.05) is 6.92 Å². The van der Waals surface area contributed by atoms with Crippen LogP contribution in [0.5, 0.6) is 0 Å². The topological polar surface area (TPSA) is 45.0 Å². The van der Waals surface area contributed by atoms with Crippen LogP contribution in [0.25, 0.3) is 0 Å². The molecule has 0 radical (unpaired) electrons. The summed E-state index contributed by atoms with van der Waals surface area (Å²) in [5.74, 6) is 0.587. The van der Waals surface area contributed by atoms with E-state index in [4.69, 9.17) is 10.00 Å². The standard InChI is InChI=1S/C14H17BrN2O/c1-2-14-11(5-6-18-14)9-17-12-4-3-10(8-16)13(15)7-12/h3-4,7,11,14,17H,2,5-6,9H2,1H3. The zero-order valence-electron chi connectivity index (χ0n) is 10.4. The molecule has 1 aliphatic rings. The van der Waals surface area contributed by atoms with Crippen molar-refractivity contribution in [2.24, 2.45) is 5.92 Å². The van der Waals surface area contributed by atoms with Gasteiger partial charge >= 0.3 is 0 Å². The molecule has 96 valence electrons. The number of rotatable bonds is 4. The first-order valence-electron chi connectivity index (χ1n) is 6.29. The van der Waals surface area contributed by atoms with Gasteiger partial charge in [0.2, 0.25) is 0 Å². The summed E-state index contributed by atoms with van der Waals surface area (Å²) >= 11 is 3.40. The second-order valence-corrected chi connectivity index (χ2v) is 5.41. The fraction of sp³-hybridized carbons (Fsp3) is 0.500. The molecule has 1 heterocycles. The van der Waals surface area contributed by atoms with Gasteiger partial charge in [-0.3, -0.25) is 0 Å². The molecule has 1 aromatic carbocycles. The van der Waals surface area contributed by atoms with E-state index in [-0.39, 0.29) is 0 Å². The molecule has 18 heavy (non-hydrogen) atoms. The molecule has 2 atom stereocenters. The molecule has 0 saturated carbocycles. The number of halogens is 1. The van der Waals surface area contributed by atoms with Crippen LogP contribution in [-0.4, -0.2) is 19.3 Å². The highest BCUT2D eigenvalue weighted by molar-refractivity contribution is 9.10. The van der Waals surface area contributed by atoms with E-state index in [9.17, 15) is 0 Å². The van der Waals surface area contributed by atoms with Gasteiger partial charge in [0.15, 0.2) is 0 Å². The maximum absolute atomic E-state index is 8.86. The zero-order chi connectivity index (χ0) is 13.0. The van der Waals surface area contributed by atoms with Crippen LogP contribution in [0, 0.1) is 17.2 Å². The van der Waals surface area contributed by atoms with Gasteiger partial charge in [-0.05, 0) is 47.0 Å². The second kappa shape index (κ2) is 6.21. The van der Waals surface area contributed by atoms with Crippen molar-refractivity contribution in [3.8, 4) is 6.07 Å². The minimum Gasteiger partial charge on any atom is -0.385 e. The summed E-state index contributed by atoms with van der Waals surface area (Å²) < 4.78 is 6.51. The third-order valence-electron chi connectivity index (χ3n) is 3.41. The summed E-state index contributed by atoms with van der Waals surface area (Å²) in [7, 11) is 0. The Morgan fingerprint density at radius 2 is 2.39 bits per heavy atom. The number of nitriles is 1. The van der Waals surface area contributed by atoms with Crippen molar-refractivity contribution in [3.63, 3.8) is 0 Å². The summed E-state index contributed by atoms with van der Waals surface area (Å²) in [6.45, 7) is 3.97. The largest absolute Gasteiger partial charge is 0.385 e. The van der Waals surface area contributed by atoms with Gasteiger partial charge in [-0.15, -0.1) is 0 Å². The van der Waals surface area contributed by atoms with Crippen LogP contribution < -0.4 is 5.32 Å². The molecule has 1 aliphatic heterocycles. The predicted molar refractivity (Wildman–Crippen MR) is 75.5 cm³/mol. The fourth-order valence-corrected chi connectivity index (χ4v) is 2.81. The highest BCUT2D eigenvalue weighted by atomic mass is 79.9. The number of hydrogen-bond donors (Lipinski definition) is 1. The van der Waals surface area contributed by atoms with Crippen LogP contribution in [0.15, 0.2) is 22.7 Å². The van der Waals surface area contributed by atoms with E-state index in [1.54, 1.807) is 0 Å². The first-order chi connectivity index (χ1) is 8.74. The molecule has 1 saturated heterocycles. The van der Waals surface area contributed by atoms with E-state index >= 15 is 0 Å². The zero-order valence-corrected chi connectivity index (χ0v) is 12.0. The first kappa shape index (κ1) is 13.4. The van der Waals surface area contributed by atoms with Crippen molar-refractivity contribution in [1.29, 1.82) is 5.26 Å². The molecule has 2 rings (SSSR count). The average molecular weight is 309 g/mol. The lowest BCUT2D eigenvalue weighted by atomic mass is 9.99. The molecule has 3 nitrogen and oxygen atoms in total. The van der Waals surface area contributed by atoms with Crippen LogP contribution in [0.2, 0.25) is 0 Å². The number of anilines is 1. The molecule has 1 aromatic rings. The first-order valence-corrected chi connectivity index (χ1v) is 7.09. The third-order valence-corrected chi connectivity index (χ3v) is 4.06. The van der Waals surface area contributed by atoms with Crippen molar-refractivity contribution in [1.82, 2.24) is 0 Å². The van der Waals surface area contributed by atoms with Crippen molar-refractivity contribution in [2.45, 2.75) is 25.9 Å². The summed E-state index contributed by atoms with van der Waals surface area (Å²) in [6.07, 6.45) is 2.59. The SMILES string of the molecule is CCC1OCCC1CNc1ccc(C#N)c(Br)c1. The van der Waals surface area contributed by atoms with E-state index < -0.39 is 0 Å². The van der Waals surface area contributed by atoms with Gasteiger partial charge in [0.05, 0.1) is 11.7 Å². The molecule has 0 spiro atoms. The Labute approximate surface area is 116 Å². The van der Waals surface area contributed by atoms with Crippen LogP contribution >= 0.6 is 15.9 Å². The minimum absolute atomic E-state index is 0.388. The summed E-state index contributed by atoms with van der Waals surface area (Å²) in [4.78, 5) is 0. The van der Waals surface area contributed by atoms with Crippen LogP contribution in [0.3, 0.4) is 0 Å². The molecule has 2 unspecified atom stereocenters. The quantitative estimate of drug-likeness (QED) is 0.925. The van der Waals surface area contributed by atoms with Crippen molar-refractivity contribution >= 4 is 21.6 Å². The predicted octanol–water partition coefficient (Wildman–Crippen LogP) is 3.55. The smallest absolute Gasteiger partial charge is 0.100 e. The third kappa shape index (κ3) is 3.04. The number of benzene rings is 1. The molecular formula is C14H17BrN2O. The Morgan fingerprint density at radius 3 is 3.06 bits per heavy atom. The lowest BCUT2D eigenvalue weighted by Crippen LogP contribution is -2.22. The normalized spacial score (nSPS) is 22.7. The van der Waals surface area contributed by atoms with Gasteiger partial charge in [0.25, 0.3) is 0 Å². The van der Waals surface area contributed by atoms with Gasteiger partial charge in [-0.2, -0.15) is 5.26 Å². The minimum atomic E-state index is 0.388. The molecule has 4 heteroatoms. The lowest BCUT2D eigenvalue weighted by Gasteiger charge is -2.18. The van der Waals surface area contributed by atoms with Crippen molar-refractivity contribution in [2.75, 3.05) is 18.5 Å². The van der Waals surface area contributed by atoms with E-state index in [2.05, 4.69) is 34.2 Å². The van der Waals surface area contributed by atoms with Crippen LogP contribution in [0.4, 0.5) is 5.69 Å². The van der Waals surface area contributed by atoms with Gasteiger partial charge in [0.1, 0.15) is 6.07 Å². The van der Waals surface area contributed by atoms with E-state index in [1.165, 1.54) is 0 Å². The lowest BCUT2D eigenvalue weighted by molar-refractivity contribution is 0.0900. The van der Waals surface area contributed by atoms with E-state index in [0.717, 1.165) is 36.2 Å². The highest BCUT2D eigenvalue weighted by Crippen LogP contribution is 2.25. The fourth-order valence-electron chi connectivity index (χ4n) is 2.34. The highest BCUT2D eigenvalue weighted by Gasteiger charge is 2.26. The summed E-state index contributed by atoms with van der Waals surface area (Å²) in [6, 6.07) is 7.87. The molecule has 0 bridgehead atoms. The summed E-state index contributed by atoms with van der Waals surface area (Å²) in [5.41, 5.74) is 1.71. The Bertz CT molecular complexity index is 456. The Kier molecular flexibility index (Phi) is 4.62. The molecule has 1 N–H and O–H groups in total. The Hall–Kier alpha value is -1.05. The number of ether oxygens (including phenoxy) is 1. The van der Waals surface area contributed by atoms with Crippen LogP contribution in [0.1, 0.15) is 25.3 Å². The number of nitrogens with one attached hydrogen (secondary N) is 1. The number of hydrogen-bond acceptors (Lipinski definition) is 3. The molecule has 1 fully saturated rings. The molecule has 0 aliphatic carbocycles. The summed E-state index contributed by atoms with van der Waals surface area (Å²) in [5, 5.41) is 12.3. The maximum Gasteiger partial charge on any atom is 0.100 e. The molecular weight excluding hydrogens is 292 g/mol. The molecule has 0 aromatic heterocycles. The van der Waals surface area contributed by atoms with Crippen molar-refractivity contribution < 1.29 is 4.74 Å². The van der Waals surface area contributed by atoms with E-state index in [0.29, 0.717) is 17.6 Å². The monoisotopic (exact) mass is 308 g/mol. The van der Waals surface area contributed by atoms with Gasteiger partial charge < -0.3 is 10.1 Å². The van der Waals surface area contributed by atoms with Gasteiger partial charge in [0, 0.05) is 29.2 Å². The Morgan fingerprint density at radius 1 is 1.56 bits per heavy atom. The van der Waals surface area contributed by atoms with Crippen molar-refractivity contribution in [3.05, 3.63) is 28.2 Å². The average Bonchev–Trinajstić information content (AvgIpc) is 2.84. The second-order valence-electron chi connectivity index (χ2n) is 4.55. The Balaban J connectivity index is 1.94. The van der Waals surface area contributed by atoms with Crippen LogP contribution in [-0.2, 0) is 4.74 Å². The number of nitrogens with zero attached hydrogens (tertiary/aromatic N) is 1. The maximum atomic E-state index is 8.86. The van der Waals surface area contributed by atoms with E-state index in [1.807, 2.05) is 18.2 Å². The molecule has 0 amide bonds. The van der Waals surface area contributed by atoms with Gasteiger partial charge in [-0.25, -0.2) is 0 Å².